The third-order valence-electron chi connectivity index (χ3n) is 3.20. The van der Waals surface area contributed by atoms with Gasteiger partial charge in [0.15, 0.2) is 0 Å². The number of benzene rings is 1. The monoisotopic (exact) mass is 305 g/mol. The molecule has 3 atom stereocenters. The number of nitrogens with one attached hydrogen (secondary N) is 2. The maximum atomic E-state index is 11.7. The second-order valence-electron chi connectivity index (χ2n) is 4.77. The summed E-state index contributed by atoms with van der Waals surface area (Å²) in [6.07, 6.45) is 0. The van der Waals surface area contributed by atoms with Crippen LogP contribution in [-0.4, -0.2) is 28.5 Å². The number of carbonyl (C=O) groups excluding carboxylic acids is 1. The van der Waals surface area contributed by atoms with Crippen molar-refractivity contribution in [1.82, 2.24) is 10.6 Å². The summed E-state index contributed by atoms with van der Waals surface area (Å²) in [5, 5.41) is 23.7. The lowest BCUT2D eigenvalue weighted by atomic mass is 10.0. The summed E-state index contributed by atoms with van der Waals surface area (Å²) in [6, 6.07) is 8.44. The third kappa shape index (κ3) is 3.74. The molecule has 6 nitrogen and oxygen atoms in total. The van der Waals surface area contributed by atoms with Crippen molar-refractivity contribution in [3.8, 4) is 6.07 Å². The largest absolute Gasteiger partial charge is 0.478 e. The molecule has 0 saturated carbocycles. The van der Waals surface area contributed by atoms with Crippen molar-refractivity contribution in [2.75, 3.05) is 0 Å². The Labute approximate surface area is 126 Å². The first kappa shape index (κ1) is 15.4. The number of carbonyl (C=O) groups is 2. The van der Waals surface area contributed by atoms with E-state index in [9.17, 15) is 9.59 Å². The normalized spacial score (nSPS) is 25.0. The predicted octanol–water partition coefficient (Wildman–Crippen LogP) is 1.15. The number of carboxylic acid groups (broad SMARTS) is 1. The summed E-state index contributed by atoms with van der Waals surface area (Å²) in [4.78, 5) is 22.6. The molecule has 3 N–H and O–H groups in total. The summed E-state index contributed by atoms with van der Waals surface area (Å²) in [6.45, 7) is 1.80. The van der Waals surface area contributed by atoms with Crippen molar-refractivity contribution in [1.29, 1.82) is 5.26 Å². The number of rotatable bonds is 4. The Morgan fingerprint density at radius 3 is 2.90 bits per heavy atom. The van der Waals surface area contributed by atoms with E-state index in [2.05, 4.69) is 10.6 Å². The van der Waals surface area contributed by atoms with E-state index >= 15 is 0 Å². The highest BCUT2D eigenvalue weighted by Gasteiger charge is 2.33. The van der Waals surface area contributed by atoms with Crippen molar-refractivity contribution < 1.29 is 14.7 Å². The minimum atomic E-state index is -0.962. The van der Waals surface area contributed by atoms with Crippen LogP contribution in [0.4, 0.5) is 0 Å². The van der Waals surface area contributed by atoms with Gasteiger partial charge in [-0.25, -0.2) is 4.79 Å². The smallest absolute Gasteiger partial charge is 0.335 e. The number of hydrogen-bond acceptors (Lipinski definition) is 5. The van der Waals surface area contributed by atoms with Gasteiger partial charge in [0.05, 0.1) is 11.6 Å². The maximum absolute atomic E-state index is 11.7. The van der Waals surface area contributed by atoms with E-state index in [4.69, 9.17) is 10.4 Å². The second-order valence-corrected chi connectivity index (χ2v) is 5.86. The zero-order chi connectivity index (χ0) is 15.4. The fraction of sp³-hybridized carbons (Fsp3) is 0.357. The molecule has 1 aliphatic rings. The molecule has 1 aliphatic heterocycles. The van der Waals surface area contributed by atoms with E-state index in [1.165, 1.54) is 17.8 Å². The van der Waals surface area contributed by atoms with Crippen LogP contribution in [0.1, 0.15) is 22.8 Å². The molecule has 0 aromatic heterocycles. The van der Waals surface area contributed by atoms with E-state index in [-0.39, 0.29) is 23.0 Å². The van der Waals surface area contributed by atoms with E-state index < -0.39 is 11.9 Å². The third-order valence-corrected chi connectivity index (χ3v) is 4.29. The van der Waals surface area contributed by atoms with Crippen LogP contribution in [0.25, 0.3) is 0 Å². The maximum Gasteiger partial charge on any atom is 0.335 e. The highest BCUT2D eigenvalue weighted by Crippen LogP contribution is 2.20. The van der Waals surface area contributed by atoms with Crippen molar-refractivity contribution >= 4 is 23.6 Å². The molecule has 21 heavy (non-hydrogen) atoms. The lowest BCUT2D eigenvalue weighted by Crippen LogP contribution is -2.58. The molecule has 0 aliphatic carbocycles. The van der Waals surface area contributed by atoms with Crippen LogP contribution in [0.2, 0.25) is 0 Å². The summed E-state index contributed by atoms with van der Waals surface area (Å²) < 4.78 is 0. The average molecular weight is 305 g/mol. The Balaban J connectivity index is 1.95. The highest BCUT2D eigenvalue weighted by atomic mass is 32.2. The van der Waals surface area contributed by atoms with E-state index in [0.29, 0.717) is 5.75 Å². The SMILES string of the molecule is CC1NC(SCc2cccc(C(=O)O)c2)NC(=O)C1C#N. The van der Waals surface area contributed by atoms with Crippen LogP contribution in [0.15, 0.2) is 24.3 Å². The van der Waals surface area contributed by atoms with Crippen LogP contribution in [0.5, 0.6) is 0 Å². The quantitative estimate of drug-likeness (QED) is 0.771. The molecule has 1 amide bonds. The predicted molar refractivity (Wildman–Crippen MR) is 78.3 cm³/mol. The zero-order valence-corrected chi connectivity index (χ0v) is 12.2. The lowest BCUT2D eigenvalue weighted by Gasteiger charge is -2.32. The first-order valence-corrected chi connectivity index (χ1v) is 7.46. The fourth-order valence-electron chi connectivity index (χ4n) is 2.06. The molecule has 2 rings (SSSR count). The van der Waals surface area contributed by atoms with Gasteiger partial charge in [0.2, 0.25) is 5.91 Å². The van der Waals surface area contributed by atoms with Crippen molar-refractivity contribution in [2.24, 2.45) is 5.92 Å². The van der Waals surface area contributed by atoms with Gasteiger partial charge in [-0.3, -0.25) is 10.1 Å². The van der Waals surface area contributed by atoms with Crippen molar-refractivity contribution in [2.45, 2.75) is 24.2 Å². The summed E-state index contributed by atoms with van der Waals surface area (Å²) in [7, 11) is 0. The number of aromatic carboxylic acids is 1. The molecular weight excluding hydrogens is 290 g/mol. The average Bonchev–Trinajstić information content (AvgIpc) is 2.45. The molecule has 1 fully saturated rings. The minimum absolute atomic E-state index is 0.216. The van der Waals surface area contributed by atoms with Gasteiger partial charge in [0, 0.05) is 11.8 Å². The molecule has 110 valence electrons. The minimum Gasteiger partial charge on any atom is -0.478 e. The van der Waals surface area contributed by atoms with Crippen LogP contribution in [0, 0.1) is 17.2 Å². The van der Waals surface area contributed by atoms with Gasteiger partial charge in [-0.05, 0) is 24.6 Å². The Hall–Kier alpha value is -2.04. The number of thioether (sulfide) groups is 1. The molecule has 0 spiro atoms. The summed E-state index contributed by atoms with van der Waals surface area (Å²) >= 11 is 1.45. The Morgan fingerprint density at radius 2 is 2.29 bits per heavy atom. The standard InChI is InChI=1S/C14H15N3O3S/c1-8-11(6-15)12(18)17-14(16-8)21-7-9-3-2-4-10(5-9)13(19)20/h2-5,8,11,14,16H,7H2,1H3,(H,17,18)(H,19,20). The number of nitriles is 1. The molecule has 0 radical (unpaired) electrons. The van der Waals surface area contributed by atoms with Gasteiger partial charge in [0.1, 0.15) is 11.4 Å². The van der Waals surface area contributed by atoms with Gasteiger partial charge in [0.25, 0.3) is 0 Å². The topological polar surface area (TPSA) is 102 Å². The Kier molecular flexibility index (Phi) is 4.83. The van der Waals surface area contributed by atoms with Crippen molar-refractivity contribution in [3.05, 3.63) is 35.4 Å². The van der Waals surface area contributed by atoms with Gasteiger partial charge in [-0.1, -0.05) is 12.1 Å². The molecular formula is C14H15N3O3S. The first-order chi connectivity index (χ1) is 10.0. The van der Waals surface area contributed by atoms with E-state index in [0.717, 1.165) is 5.56 Å². The van der Waals surface area contributed by atoms with Crippen LogP contribution >= 0.6 is 11.8 Å². The molecule has 7 heteroatoms. The van der Waals surface area contributed by atoms with Gasteiger partial charge in [-0.15, -0.1) is 11.8 Å². The first-order valence-electron chi connectivity index (χ1n) is 6.41. The number of nitrogens with zero attached hydrogens (tertiary/aromatic N) is 1. The highest BCUT2D eigenvalue weighted by molar-refractivity contribution is 7.99. The van der Waals surface area contributed by atoms with Gasteiger partial charge >= 0.3 is 5.97 Å². The van der Waals surface area contributed by atoms with E-state index in [1.807, 2.05) is 12.1 Å². The van der Waals surface area contributed by atoms with Crippen LogP contribution in [-0.2, 0) is 10.5 Å². The van der Waals surface area contributed by atoms with E-state index in [1.54, 1.807) is 19.1 Å². The molecule has 1 aromatic carbocycles. The fourth-order valence-corrected chi connectivity index (χ4v) is 3.11. The Morgan fingerprint density at radius 1 is 1.52 bits per heavy atom. The van der Waals surface area contributed by atoms with Crippen LogP contribution < -0.4 is 10.6 Å². The van der Waals surface area contributed by atoms with Gasteiger partial charge in [-0.2, -0.15) is 5.26 Å². The lowest BCUT2D eigenvalue weighted by molar-refractivity contribution is -0.126. The molecule has 1 saturated heterocycles. The second kappa shape index (κ2) is 6.61. The zero-order valence-electron chi connectivity index (χ0n) is 11.4. The molecule has 1 aromatic rings. The summed E-state index contributed by atoms with van der Waals surface area (Å²) in [5.74, 6) is -1.36. The molecule has 1 heterocycles. The van der Waals surface area contributed by atoms with Crippen LogP contribution in [0.3, 0.4) is 0 Å². The summed E-state index contributed by atoms with van der Waals surface area (Å²) in [5.41, 5.74) is 0.822. The number of carboxylic acids is 1. The Bertz CT molecular complexity index is 599. The number of hydrogen-bond donors (Lipinski definition) is 3. The number of amides is 1. The van der Waals surface area contributed by atoms with Crippen molar-refractivity contribution in [3.63, 3.8) is 0 Å². The molecule has 0 bridgehead atoms. The van der Waals surface area contributed by atoms with Gasteiger partial charge < -0.3 is 10.4 Å². The molecule has 3 unspecified atom stereocenters.